The van der Waals surface area contributed by atoms with Crippen molar-refractivity contribution in [1.29, 1.82) is 0 Å². The van der Waals surface area contributed by atoms with Crippen LogP contribution in [0.15, 0.2) is 0 Å². The third kappa shape index (κ3) is 2.64. The Morgan fingerprint density at radius 2 is 2.13 bits per heavy atom. The van der Waals surface area contributed by atoms with Crippen LogP contribution in [0.3, 0.4) is 0 Å². The molecule has 0 bridgehead atoms. The highest BCUT2D eigenvalue weighted by molar-refractivity contribution is 5.73. The van der Waals surface area contributed by atoms with Crippen LogP contribution in [-0.4, -0.2) is 63.6 Å². The maximum absolute atomic E-state index is 11.2. The Bertz CT molecular complexity index is 312. The van der Waals surface area contributed by atoms with E-state index in [1.165, 1.54) is 0 Å². The number of carbonyl (C=O) groups is 1. The zero-order valence-electron chi connectivity index (χ0n) is 10.7. The second kappa shape index (κ2) is 4.86. The van der Waals surface area contributed by atoms with E-state index >= 15 is 0 Å². The lowest BCUT2D eigenvalue weighted by atomic mass is 9.97. The van der Waals surface area contributed by atoms with Crippen LogP contribution in [0, 0.1) is 0 Å². The van der Waals surface area contributed by atoms with Crippen molar-refractivity contribution >= 4 is 5.91 Å². The van der Waals surface area contributed by atoms with E-state index in [0.717, 1.165) is 0 Å². The molecule has 1 unspecified atom stereocenters. The van der Waals surface area contributed by atoms with Crippen molar-refractivity contribution in [2.45, 2.75) is 37.5 Å². The van der Waals surface area contributed by atoms with E-state index in [1.807, 2.05) is 5.32 Å². The Labute approximate surface area is 90.5 Å². The number of carbonyl (C=O) groups excluding carboxylic acids is 1. The molecular weight excluding hydrogens is 207 g/mol. The average molecular weight is 225 g/mol. The summed E-state index contributed by atoms with van der Waals surface area (Å²) in [6.45, 7) is -3.59. The Balaban J connectivity index is 2.74. The molecule has 0 aromatic rings. The van der Waals surface area contributed by atoms with Gasteiger partial charge in [-0.3, -0.25) is 4.79 Å². The fourth-order valence-electron chi connectivity index (χ4n) is 1.40. The summed E-state index contributed by atoms with van der Waals surface area (Å²) >= 11 is 0. The summed E-state index contributed by atoms with van der Waals surface area (Å²) in [6.07, 6.45) is -6.15. The van der Waals surface area contributed by atoms with Gasteiger partial charge in [0.1, 0.15) is 24.4 Å². The molecule has 5 atom stereocenters. The fourth-order valence-corrected chi connectivity index (χ4v) is 1.40. The van der Waals surface area contributed by atoms with Crippen molar-refractivity contribution in [3.05, 3.63) is 0 Å². The van der Waals surface area contributed by atoms with Crippen LogP contribution >= 0.6 is 0 Å². The van der Waals surface area contributed by atoms with Gasteiger partial charge in [-0.25, -0.2) is 0 Å². The molecule has 0 aliphatic carbocycles. The largest absolute Gasteiger partial charge is 0.394 e. The highest BCUT2D eigenvalue weighted by Gasteiger charge is 2.43. The minimum absolute atomic E-state index is 0.644. The molecule has 7 nitrogen and oxygen atoms in total. The number of hydrogen-bond acceptors (Lipinski definition) is 6. The van der Waals surface area contributed by atoms with Gasteiger partial charge in [-0.15, -0.1) is 0 Å². The lowest BCUT2D eigenvalue weighted by molar-refractivity contribution is -0.253. The highest BCUT2D eigenvalue weighted by atomic mass is 16.6. The number of ether oxygens (including phenoxy) is 1. The number of aliphatic hydroxyl groups excluding tert-OH is 4. The highest BCUT2D eigenvalue weighted by Crippen LogP contribution is 2.19. The zero-order chi connectivity index (χ0) is 14.1. The van der Waals surface area contributed by atoms with Gasteiger partial charge in [-0.1, -0.05) is 0 Å². The minimum atomic E-state index is -2.95. The van der Waals surface area contributed by atoms with Crippen LogP contribution in [0.25, 0.3) is 0 Å². The second-order valence-electron chi connectivity index (χ2n) is 3.23. The number of aliphatic hydroxyl groups is 4. The maximum atomic E-state index is 11.2. The first kappa shape index (κ1) is 8.43. The predicted molar refractivity (Wildman–Crippen MR) is 47.6 cm³/mol. The first-order valence-electron chi connectivity index (χ1n) is 5.80. The van der Waals surface area contributed by atoms with E-state index < -0.39 is 50.0 Å². The normalized spacial score (nSPS) is 45.1. The summed E-state index contributed by atoms with van der Waals surface area (Å²) in [6, 6.07) is -1.49. The SMILES string of the molecule is [2H]C([2H])([2H])[13C](=O)N[C@@H]1C(O)O[C@H](CO)[C@@H](O)[C@@H]1O. The molecule has 1 rings (SSSR count). The molecule has 0 aromatic heterocycles. The van der Waals surface area contributed by atoms with E-state index in [0.29, 0.717) is 0 Å². The summed E-state index contributed by atoms with van der Waals surface area (Å²) in [7, 11) is 0. The maximum Gasteiger partial charge on any atom is 0.217 e. The summed E-state index contributed by atoms with van der Waals surface area (Å²) in [5.74, 6) is -1.39. The Hall–Kier alpha value is -0.730. The zero-order valence-corrected chi connectivity index (χ0v) is 7.70. The van der Waals surface area contributed by atoms with Gasteiger partial charge >= 0.3 is 0 Å². The van der Waals surface area contributed by atoms with Gasteiger partial charge in [0.2, 0.25) is 5.91 Å². The summed E-state index contributed by atoms with van der Waals surface area (Å²) in [5, 5.41) is 39.3. The van der Waals surface area contributed by atoms with Crippen molar-refractivity contribution in [1.82, 2.24) is 5.32 Å². The molecule has 1 heterocycles. The van der Waals surface area contributed by atoms with Gasteiger partial charge in [-0.05, 0) is 0 Å². The van der Waals surface area contributed by atoms with Crippen LogP contribution in [0.4, 0.5) is 0 Å². The van der Waals surface area contributed by atoms with Crippen LogP contribution in [-0.2, 0) is 9.53 Å². The van der Waals surface area contributed by atoms with Gasteiger partial charge in [-0.2, -0.15) is 0 Å². The molecule has 0 spiro atoms. The molecule has 1 aliphatic heterocycles. The van der Waals surface area contributed by atoms with E-state index in [4.69, 9.17) is 14.0 Å². The standard InChI is InChI=1S/C8H15NO6/c1-3(11)9-5-7(13)6(12)4(2-10)15-8(5)14/h4-8,10,12-14H,2H2,1H3,(H,9,11)/t4-,5+,6-,7-,8?/m1/s1/i1D3,3+1. The van der Waals surface area contributed by atoms with E-state index in [9.17, 15) is 20.1 Å². The fraction of sp³-hybridized carbons (Fsp3) is 0.875. The van der Waals surface area contributed by atoms with Crippen LogP contribution in [0.5, 0.6) is 0 Å². The minimum Gasteiger partial charge on any atom is -0.394 e. The van der Waals surface area contributed by atoms with Gasteiger partial charge < -0.3 is 30.5 Å². The van der Waals surface area contributed by atoms with Gasteiger partial charge in [0, 0.05) is 11.0 Å². The number of nitrogens with one attached hydrogen (secondary N) is 1. The number of amides is 1. The second-order valence-corrected chi connectivity index (χ2v) is 3.23. The van der Waals surface area contributed by atoms with Gasteiger partial charge in [0.05, 0.1) is 6.61 Å². The van der Waals surface area contributed by atoms with Gasteiger partial charge in [0.25, 0.3) is 0 Å². The molecular formula is C8H15NO6. The Morgan fingerprint density at radius 3 is 2.67 bits per heavy atom. The van der Waals surface area contributed by atoms with Crippen LogP contribution in [0.1, 0.15) is 11.0 Å². The molecule has 1 aliphatic rings. The average Bonchev–Trinajstić information content (AvgIpc) is 2.27. The van der Waals surface area contributed by atoms with Gasteiger partial charge in [0.15, 0.2) is 6.29 Å². The number of hydrogen-bond donors (Lipinski definition) is 5. The third-order valence-electron chi connectivity index (χ3n) is 2.20. The third-order valence-corrected chi connectivity index (χ3v) is 2.20. The lowest BCUT2D eigenvalue weighted by Crippen LogP contribution is -2.63. The molecule has 0 saturated carbocycles. The van der Waals surface area contributed by atoms with Crippen molar-refractivity contribution < 1.29 is 34.1 Å². The van der Waals surface area contributed by atoms with E-state index in [2.05, 4.69) is 0 Å². The van der Waals surface area contributed by atoms with E-state index in [1.54, 1.807) is 0 Å². The first-order valence-corrected chi connectivity index (χ1v) is 4.30. The molecule has 0 radical (unpaired) electrons. The van der Waals surface area contributed by atoms with Crippen LogP contribution in [0.2, 0.25) is 0 Å². The number of rotatable bonds is 2. The first-order chi connectivity index (χ1) is 8.18. The molecule has 0 aromatic carbocycles. The summed E-state index contributed by atoms with van der Waals surface area (Å²) < 4.78 is 25.2. The Morgan fingerprint density at radius 1 is 1.47 bits per heavy atom. The lowest BCUT2D eigenvalue weighted by Gasteiger charge is -2.40. The molecule has 1 fully saturated rings. The molecule has 1 amide bonds. The van der Waals surface area contributed by atoms with Crippen LogP contribution < -0.4 is 5.32 Å². The van der Waals surface area contributed by atoms with E-state index in [-0.39, 0.29) is 0 Å². The smallest absolute Gasteiger partial charge is 0.217 e. The molecule has 5 N–H and O–H groups in total. The quantitative estimate of drug-likeness (QED) is 0.318. The monoisotopic (exact) mass is 225 g/mol. The van der Waals surface area contributed by atoms with Crippen molar-refractivity contribution in [3.8, 4) is 0 Å². The summed E-state index contributed by atoms with van der Waals surface area (Å²) in [5.41, 5.74) is 0. The topological polar surface area (TPSA) is 119 Å². The Kier molecular flexibility index (Phi) is 2.73. The van der Waals surface area contributed by atoms with Crippen molar-refractivity contribution in [2.75, 3.05) is 6.61 Å². The van der Waals surface area contributed by atoms with Crippen molar-refractivity contribution in [3.63, 3.8) is 0 Å². The molecule has 7 heteroatoms. The molecule has 1 saturated heterocycles. The predicted octanol–water partition coefficient (Wildman–Crippen LogP) is -3.08. The summed E-state index contributed by atoms with van der Waals surface area (Å²) in [4.78, 5) is 11.2. The molecule has 15 heavy (non-hydrogen) atoms. The molecule has 88 valence electrons. The van der Waals surface area contributed by atoms with Crippen molar-refractivity contribution in [2.24, 2.45) is 0 Å².